The lowest BCUT2D eigenvalue weighted by molar-refractivity contribution is 0.0371. The van der Waals surface area contributed by atoms with Gasteiger partial charge in [-0.05, 0) is 49.7 Å². The van der Waals surface area contributed by atoms with E-state index in [0.717, 1.165) is 45.7 Å². The van der Waals surface area contributed by atoms with Gasteiger partial charge in [0.15, 0.2) is 5.78 Å². The number of nitrogens with one attached hydrogen (secondary N) is 1. The Morgan fingerprint density at radius 1 is 1.18 bits per heavy atom. The quantitative estimate of drug-likeness (QED) is 0.558. The third kappa shape index (κ3) is 5.68. The van der Waals surface area contributed by atoms with Crippen LogP contribution in [-0.4, -0.2) is 54.4 Å². The number of nitrogens with zero attached hydrogens (tertiary/aromatic N) is 2. The Kier molecular flexibility index (Phi) is 7.22. The van der Waals surface area contributed by atoms with E-state index in [0.29, 0.717) is 17.5 Å². The summed E-state index contributed by atoms with van der Waals surface area (Å²) >= 11 is 0. The lowest BCUT2D eigenvalue weighted by atomic mass is 10.0. The Hall–Kier alpha value is -2.64. The number of halogens is 1. The second kappa shape index (κ2) is 10.1. The zero-order valence-electron chi connectivity index (χ0n) is 15.7. The number of pyridine rings is 1. The van der Waals surface area contributed by atoms with E-state index in [2.05, 4.69) is 15.2 Å². The number of ether oxygens (including phenoxy) is 1. The first kappa shape index (κ1) is 20.1. The van der Waals surface area contributed by atoms with Crippen molar-refractivity contribution in [1.82, 2.24) is 9.88 Å². The van der Waals surface area contributed by atoms with Crippen molar-refractivity contribution in [2.75, 3.05) is 38.2 Å². The molecule has 0 radical (unpaired) electrons. The third-order valence-electron chi connectivity index (χ3n) is 4.69. The SMILES string of the molecule is O=C(Nc1cc(F)ccc1C(=O)CCCCN1CCOCC1)c1cccnc1. The average molecular weight is 385 g/mol. The number of carbonyl (C=O) groups excluding carboxylic acids is 2. The van der Waals surface area contributed by atoms with Crippen LogP contribution in [0.3, 0.4) is 0 Å². The number of hydrogen-bond donors (Lipinski definition) is 1. The van der Waals surface area contributed by atoms with Gasteiger partial charge in [0.1, 0.15) is 5.82 Å². The third-order valence-corrected chi connectivity index (χ3v) is 4.69. The summed E-state index contributed by atoms with van der Waals surface area (Å²) in [6.07, 6.45) is 4.98. The number of carbonyl (C=O) groups is 2. The fourth-order valence-corrected chi connectivity index (χ4v) is 3.14. The molecule has 1 aromatic heterocycles. The molecule has 0 spiro atoms. The molecule has 6 nitrogen and oxygen atoms in total. The molecule has 148 valence electrons. The van der Waals surface area contributed by atoms with Crippen molar-refractivity contribution < 1.29 is 18.7 Å². The summed E-state index contributed by atoms with van der Waals surface area (Å²) < 4.78 is 19.0. The average Bonchev–Trinajstić information content (AvgIpc) is 2.72. The number of morpholine rings is 1. The van der Waals surface area contributed by atoms with Crippen LogP contribution in [0.15, 0.2) is 42.7 Å². The molecule has 0 atom stereocenters. The van der Waals surface area contributed by atoms with Crippen LogP contribution in [0, 0.1) is 5.82 Å². The minimum absolute atomic E-state index is 0.108. The molecule has 3 rings (SSSR count). The van der Waals surface area contributed by atoms with E-state index in [4.69, 9.17) is 4.74 Å². The molecular formula is C21H24FN3O3. The molecule has 1 amide bonds. The van der Waals surface area contributed by atoms with Gasteiger partial charge < -0.3 is 10.1 Å². The Morgan fingerprint density at radius 3 is 2.75 bits per heavy atom. The summed E-state index contributed by atoms with van der Waals surface area (Å²) in [6, 6.07) is 7.09. The summed E-state index contributed by atoms with van der Waals surface area (Å²) in [6.45, 7) is 4.31. The van der Waals surface area contributed by atoms with E-state index in [9.17, 15) is 14.0 Å². The predicted octanol–water partition coefficient (Wildman–Crippen LogP) is 3.16. The second-order valence-corrected chi connectivity index (χ2v) is 6.72. The van der Waals surface area contributed by atoms with Gasteiger partial charge in [0.25, 0.3) is 5.91 Å². The molecule has 1 aliphatic rings. The summed E-state index contributed by atoms with van der Waals surface area (Å²) in [5.74, 6) is -1.05. The van der Waals surface area contributed by atoms with Crippen LogP contribution in [0.4, 0.5) is 10.1 Å². The van der Waals surface area contributed by atoms with Crippen LogP contribution in [0.5, 0.6) is 0 Å². The highest BCUT2D eigenvalue weighted by molar-refractivity contribution is 6.09. The molecule has 1 aliphatic heterocycles. The van der Waals surface area contributed by atoms with Gasteiger partial charge in [-0.2, -0.15) is 0 Å². The van der Waals surface area contributed by atoms with Crippen molar-refractivity contribution in [3.8, 4) is 0 Å². The molecule has 28 heavy (non-hydrogen) atoms. The number of benzene rings is 1. The number of aromatic nitrogens is 1. The second-order valence-electron chi connectivity index (χ2n) is 6.72. The largest absolute Gasteiger partial charge is 0.379 e. The Balaban J connectivity index is 1.58. The van der Waals surface area contributed by atoms with Gasteiger partial charge in [-0.25, -0.2) is 4.39 Å². The number of amides is 1. The fourth-order valence-electron chi connectivity index (χ4n) is 3.14. The zero-order chi connectivity index (χ0) is 19.8. The first-order valence-electron chi connectivity index (χ1n) is 9.48. The van der Waals surface area contributed by atoms with Crippen LogP contribution in [-0.2, 0) is 4.74 Å². The van der Waals surface area contributed by atoms with Gasteiger partial charge in [-0.1, -0.05) is 0 Å². The van der Waals surface area contributed by atoms with Crippen LogP contribution < -0.4 is 5.32 Å². The van der Waals surface area contributed by atoms with E-state index in [1.807, 2.05) is 0 Å². The monoisotopic (exact) mass is 385 g/mol. The van der Waals surface area contributed by atoms with E-state index in [-0.39, 0.29) is 11.5 Å². The van der Waals surface area contributed by atoms with Crippen LogP contribution in [0.1, 0.15) is 40.0 Å². The maximum atomic E-state index is 13.7. The molecule has 2 heterocycles. The maximum Gasteiger partial charge on any atom is 0.257 e. The number of Topliss-reactive ketones (excluding diaryl/α,β-unsaturated/α-hetero) is 1. The smallest absolute Gasteiger partial charge is 0.257 e. The summed E-state index contributed by atoms with van der Waals surface area (Å²) in [5, 5.41) is 2.63. The Bertz CT molecular complexity index is 808. The Labute approximate surface area is 163 Å². The van der Waals surface area contributed by atoms with Crippen LogP contribution in [0.2, 0.25) is 0 Å². The molecule has 7 heteroatoms. The lowest BCUT2D eigenvalue weighted by Gasteiger charge is -2.26. The number of anilines is 1. The minimum Gasteiger partial charge on any atom is -0.379 e. The molecule has 1 aromatic carbocycles. The van der Waals surface area contributed by atoms with Gasteiger partial charge in [0.2, 0.25) is 0 Å². The minimum atomic E-state index is -0.509. The molecular weight excluding hydrogens is 361 g/mol. The van der Waals surface area contributed by atoms with Crippen molar-refractivity contribution in [3.05, 3.63) is 59.7 Å². The van der Waals surface area contributed by atoms with E-state index >= 15 is 0 Å². The van der Waals surface area contributed by atoms with Gasteiger partial charge in [-0.15, -0.1) is 0 Å². The van der Waals surface area contributed by atoms with Crippen LogP contribution >= 0.6 is 0 Å². The van der Waals surface area contributed by atoms with E-state index in [1.165, 1.54) is 24.4 Å². The molecule has 0 saturated carbocycles. The maximum absolute atomic E-state index is 13.7. The fraction of sp³-hybridized carbons (Fsp3) is 0.381. The predicted molar refractivity (Wildman–Crippen MR) is 104 cm³/mol. The molecule has 0 aliphatic carbocycles. The first-order chi connectivity index (χ1) is 13.6. The van der Waals surface area contributed by atoms with Gasteiger partial charge in [-0.3, -0.25) is 19.5 Å². The number of unbranched alkanes of at least 4 members (excludes halogenated alkanes) is 1. The van der Waals surface area contributed by atoms with Crippen molar-refractivity contribution >= 4 is 17.4 Å². The van der Waals surface area contributed by atoms with Crippen molar-refractivity contribution in [2.24, 2.45) is 0 Å². The normalized spacial score (nSPS) is 14.6. The Morgan fingerprint density at radius 2 is 2.00 bits per heavy atom. The summed E-state index contributed by atoms with van der Waals surface area (Å²) in [7, 11) is 0. The summed E-state index contributed by atoms with van der Waals surface area (Å²) in [4.78, 5) is 31.2. The van der Waals surface area contributed by atoms with Gasteiger partial charge in [0.05, 0.1) is 24.5 Å². The number of rotatable bonds is 8. The zero-order valence-corrected chi connectivity index (χ0v) is 15.7. The standard InChI is InChI=1S/C21H24FN3O3/c22-17-6-7-18(19(14-17)24-21(27)16-4-3-8-23-15-16)20(26)5-1-2-9-25-10-12-28-13-11-25/h3-4,6-8,14-15H,1-2,5,9-13H2,(H,24,27). The first-order valence-corrected chi connectivity index (χ1v) is 9.48. The molecule has 1 N–H and O–H groups in total. The molecule has 1 fully saturated rings. The highest BCUT2D eigenvalue weighted by Crippen LogP contribution is 2.21. The number of ketones is 1. The molecule has 0 bridgehead atoms. The topological polar surface area (TPSA) is 71.5 Å². The lowest BCUT2D eigenvalue weighted by Crippen LogP contribution is -2.36. The van der Waals surface area contributed by atoms with Crippen molar-refractivity contribution in [3.63, 3.8) is 0 Å². The molecule has 1 saturated heterocycles. The van der Waals surface area contributed by atoms with Crippen molar-refractivity contribution in [2.45, 2.75) is 19.3 Å². The van der Waals surface area contributed by atoms with Gasteiger partial charge in [0, 0.05) is 37.5 Å². The highest BCUT2D eigenvalue weighted by Gasteiger charge is 2.16. The molecule has 2 aromatic rings. The summed E-state index contributed by atoms with van der Waals surface area (Å²) in [5.41, 5.74) is 0.854. The molecule has 0 unspecified atom stereocenters. The van der Waals surface area contributed by atoms with Crippen molar-refractivity contribution in [1.29, 1.82) is 0 Å². The highest BCUT2D eigenvalue weighted by atomic mass is 19.1. The van der Waals surface area contributed by atoms with E-state index in [1.54, 1.807) is 18.3 Å². The van der Waals surface area contributed by atoms with Gasteiger partial charge >= 0.3 is 0 Å². The number of hydrogen-bond acceptors (Lipinski definition) is 5. The van der Waals surface area contributed by atoms with E-state index < -0.39 is 11.7 Å². The van der Waals surface area contributed by atoms with Crippen LogP contribution in [0.25, 0.3) is 0 Å².